The molecule has 48 heavy (non-hydrogen) atoms. The predicted octanol–water partition coefficient (Wildman–Crippen LogP) is 11.9. The second-order valence-electron chi connectivity index (χ2n) is 13.6. The summed E-state index contributed by atoms with van der Waals surface area (Å²) in [6.45, 7) is 4.24. The molecule has 0 amide bonds. The minimum atomic E-state index is -4.26. The number of phosphoric acid groups is 1. The highest BCUT2D eigenvalue weighted by molar-refractivity contribution is 7.47. The van der Waals surface area contributed by atoms with E-state index in [2.05, 4.69) is 13.8 Å². The van der Waals surface area contributed by atoms with Crippen molar-refractivity contribution in [2.45, 2.75) is 206 Å². The van der Waals surface area contributed by atoms with Crippen LogP contribution in [-0.4, -0.2) is 43.3 Å². The van der Waals surface area contributed by atoms with Gasteiger partial charge in [0.05, 0.1) is 19.5 Å². The Labute approximate surface area is 296 Å². The summed E-state index contributed by atoms with van der Waals surface area (Å²) in [4.78, 5) is 22.2. The molecule has 0 bridgehead atoms. The summed E-state index contributed by atoms with van der Waals surface area (Å²) in [7, 11) is -4.26. The molecule has 286 valence electrons. The average molecular weight is 704 g/mol. The van der Waals surface area contributed by atoms with Gasteiger partial charge in [-0.2, -0.15) is 0 Å². The van der Waals surface area contributed by atoms with Crippen LogP contribution in [0.1, 0.15) is 200 Å². The summed E-state index contributed by atoms with van der Waals surface area (Å²) >= 11 is 0. The van der Waals surface area contributed by atoms with E-state index in [0.29, 0.717) is 6.42 Å². The third-order valence-corrected chi connectivity index (χ3v) is 9.79. The summed E-state index contributed by atoms with van der Waals surface area (Å²) in [6.07, 6.45) is 38.9. The second-order valence-corrected chi connectivity index (χ2v) is 15.0. The zero-order valence-corrected chi connectivity index (χ0v) is 32.4. The molecule has 0 aromatic heterocycles. The summed E-state index contributed by atoms with van der Waals surface area (Å²) < 4.78 is 33.1. The predicted molar refractivity (Wildman–Crippen MR) is 201 cm³/mol. The molecule has 8 nitrogen and oxygen atoms in total. The Hall–Kier alpha value is -0.920. The Balaban J connectivity index is 4.08. The fourth-order valence-electron chi connectivity index (χ4n) is 5.75. The van der Waals surface area contributed by atoms with Gasteiger partial charge in [-0.1, -0.05) is 174 Å². The summed E-state index contributed by atoms with van der Waals surface area (Å²) in [6, 6.07) is 0. The van der Waals surface area contributed by atoms with Gasteiger partial charge >= 0.3 is 13.8 Å². The number of hydrogen-bond donors (Lipinski definition) is 2. The summed E-state index contributed by atoms with van der Waals surface area (Å²) in [5.74, 6) is -0.287. The maximum Gasteiger partial charge on any atom is 0.472 e. The zero-order valence-electron chi connectivity index (χ0n) is 31.5. The highest BCUT2D eigenvalue weighted by Crippen LogP contribution is 2.43. The van der Waals surface area contributed by atoms with Crippen LogP contribution in [-0.2, 0) is 27.9 Å². The van der Waals surface area contributed by atoms with Crippen molar-refractivity contribution in [3.63, 3.8) is 0 Å². The third kappa shape index (κ3) is 36.4. The zero-order chi connectivity index (χ0) is 35.2. The van der Waals surface area contributed by atoms with Crippen LogP contribution in [0.5, 0.6) is 0 Å². The first kappa shape index (κ1) is 47.1. The molecule has 3 N–H and O–H groups in total. The van der Waals surface area contributed by atoms with Crippen molar-refractivity contribution in [2.24, 2.45) is 5.73 Å². The number of allylic oxidation sites excluding steroid dienone is 1. The molecule has 1 unspecified atom stereocenters. The van der Waals surface area contributed by atoms with E-state index >= 15 is 0 Å². The molecular weight excluding hydrogens is 625 g/mol. The fraction of sp³-hybridized carbons (Fsp3) is 0.923. The summed E-state index contributed by atoms with van der Waals surface area (Å²) in [5, 5.41) is 0. The lowest BCUT2D eigenvalue weighted by Gasteiger charge is -2.19. The van der Waals surface area contributed by atoms with Crippen molar-refractivity contribution in [3.05, 3.63) is 12.3 Å². The largest absolute Gasteiger partial charge is 0.492 e. The number of unbranched alkanes of at least 4 members (excludes halogenated alkanes) is 26. The molecule has 0 heterocycles. The van der Waals surface area contributed by atoms with E-state index in [1.165, 1.54) is 148 Å². The maximum absolute atomic E-state index is 12.3. The van der Waals surface area contributed by atoms with Crippen LogP contribution in [0.4, 0.5) is 0 Å². The fourth-order valence-corrected chi connectivity index (χ4v) is 6.51. The average Bonchev–Trinajstić information content (AvgIpc) is 3.08. The van der Waals surface area contributed by atoms with Crippen LogP contribution in [0.2, 0.25) is 0 Å². The smallest absolute Gasteiger partial charge is 0.472 e. The molecule has 9 heteroatoms. The Bertz CT molecular complexity index is 752. The molecule has 0 fully saturated rings. The molecule has 0 saturated carbocycles. The molecule has 0 rings (SSSR count). The van der Waals surface area contributed by atoms with Gasteiger partial charge in [0.2, 0.25) is 0 Å². The first-order valence-corrected chi connectivity index (χ1v) is 21.7. The molecule has 0 aromatic carbocycles. The van der Waals surface area contributed by atoms with Gasteiger partial charge in [0.25, 0.3) is 0 Å². The van der Waals surface area contributed by atoms with Crippen molar-refractivity contribution < 1.29 is 32.8 Å². The van der Waals surface area contributed by atoms with Gasteiger partial charge in [-0.3, -0.25) is 13.8 Å². The molecule has 0 aliphatic rings. The van der Waals surface area contributed by atoms with Crippen LogP contribution in [0.15, 0.2) is 12.3 Å². The van der Waals surface area contributed by atoms with Gasteiger partial charge < -0.3 is 20.1 Å². The maximum atomic E-state index is 12.3. The van der Waals surface area contributed by atoms with Crippen molar-refractivity contribution >= 4 is 13.8 Å². The van der Waals surface area contributed by atoms with Crippen molar-refractivity contribution in [3.8, 4) is 0 Å². The molecule has 0 aliphatic carbocycles. The van der Waals surface area contributed by atoms with Gasteiger partial charge in [-0.15, -0.1) is 0 Å². The Morgan fingerprint density at radius 2 is 1.04 bits per heavy atom. The first-order valence-electron chi connectivity index (χ1n) is 20.2. The number of ether oxygens (including phenoxy) is 2. The number of hydrogen-bond acceptors (Lipinski definition) is 7. The standard InChI is InChI=1S/C39H78NO7P/c1-3-5-7-9-11-13-15-17-18-19-21-23-25-27-29-31-34-44-38(37-47-48(42,43)46-35-33-40)36-45-39(41)32-30-28-26-24-22-20-16-14-12-10-8-6-4-2/h31,34,38H,3-30,32-33,35-37,40H2,1-2H3,(H,42,43)/t38-/m1/s1. The lowest BCUT2D eigenvalue weighted by molar-refractivity contribution is -0.147. The number of carbonyl (C=O) groups excluding carboxylic acids is 1. The topological polar surface area (TPSA) is 117 Å². The van der Waals surface area contributed by atoms with Gasteiger partial charge in [0.15, 0.2) is 6.10 Å². The molecule has 0 spiro atoms. The summed E-state index contributed by atoms with van der Waals surface area (Å²) in [5.41, 5.74) is 5.35. The highest BCUT2D eigenvalue weighted by atomic mass is 31.2. The van der Waals surface area contributed by atoms with Crippen molar-refractivity contribution in [1.29, 1.82) is 0 Å². The van der Waals surface area contributed by atoms with E-state index in [9.17, 15) is 14.3 Å². The molecular formula is C39H78NO7P. The first-order chi connectivity index (χ1) is 23.4. The van der Waals surface area contributed by atoms with Crippen LogP contribution in [0.3, 0.4) is 0 Å². The molecule has 0 radical (unpaired) electrons. The Morgan fingerprint density at radius 1 is 0.625 bits per heavy atom. The normalized spacial score (nSPS) is 13.6. The number of nitrogens with two attached hydrogens (primary N) is 1. The minimum Gasteiger partial charge on any atom is -0.492 e. The Kier molecular flexibility index (Phi) is 36.6. The van der Waals surface area contributed by atoms with Crippen LogP contribution in [0, 0.1) is 0 Å². The number of carbonyl (C=O) groups is 1. The van der Waals surface area contributed by atoms with E-state index in [1.807, 2.05) is 6.08 Å². The molecule has 0 aromatic rings. The van der Waals surface area contributed by atoms with Crippen LogP contribution < -0.4 is 5.73 Å². The van der Waals surface area contributed by atoms with Crippen LogP contribution in [0.25, 0.3) is 0 Å². The van der Waals surface area contributed by atoms with Crippen molar-refractivity contribution in [1.82, 2.24) is 0 Å². The number of phosphoric ester groups is 1. The second kappa shape index (κ2) is 37.3. The third-order valence-electron chi connectivity index (χ3n) is 8.80. The van der Waals surface area contributed by atoms with Gasteiger partial charge in [0.1, 0.15) is 6.61 Å². The SMILES string of the molecule is CCCCCCCCCCCCCCCCC=CO[C@H](COC(=O)CCCCCCCCCCCCCCC)COP(=O)(O)OCCN. The van der Waals surface area contributed by atoms with Gasteiger partial charge in [0, 0.05) is 13.0 Å². The highest BCUT2D eigenvalue weighted by Gasteiger charge is 2.24. The minimum absolute atomic E-state index is 0.0582. The van der Waals surface area contributed by atoms with Crippen molar-refractivity contribution in [2.75, 3.05) is 26.4 Å². The van der Waals surface area contributed by atoms with E-state index in [-0.39, 0.29) is 32.3 Å². The molecule has 0 aliphatic heterocycles. The monoisotopic (exact) mass is 704 g/mol. The van der Waals surface area contributed by atoms with E-state index < -0.39 is 13.9 Å². The van der Waals surface area contributed by atoms with Gasteiger partial charge in [-0.25, -0.2) is 4.57 Å². The van der Waals surface area contributed by atoms with Gasteiger partial charge in [-0.05, 0) is 25.3 Å². The lowest BCUT2D eigenvalue weighted by atomic mass is 10.0. The van der Waals surface area contributed by atoms with Crippen LogP contribution >= 0.6 is 7.82 Å². The Morgan fingerprint density at radius 3 is 1.48 bits per heavy atom. The molecule has 0 saturated heterocycles. The number of rotatable bonds is 39. The lowest BCUT2D eigenvalue weighted by Crippen LogP contribution is -2.25. The van der Waals surface area contributed by atoms with E-state index in [1.54, 1.807) is 6.26 Å². The quantitative estimate of drug-likeness (QED) is 0.0281. The van der Waals surface area contributed by atoms with E-state index in [4.69, 9.17) is 24.3 Å². The molecule has 2 atom stereocenters. The number of esters is 1. The van der Waals surface area contributed by atoms with E-state index in [0.717, 1.165) is 32.1 Å².